The Labute approximate surface area is 337 Å². The normalized spacial score (nSPS) is 15.1. The average molecular weight is 783 g/mol. The van der Waals surface area contributed by atoms with Gasteiger partial charge in [-0.15, -0.1) is 0 Å². The number of carbonyl (C=O) groups is 4. The largest absolute Gasteiger partial charge is 0.497 e. The molecule has 298 valence electrons. The summed E-state index contributed by atoms with van der Waals surface area (Å²) in [4.78, 5) is 56.8. The van der Waals surface area contributed by atoms with Crippen LogP contribution in [0.2, 0.25) is 0 Å². The molecule has 4 amide bonds. The Bertz CT molecular complexity index is 2260. The van der Waals surface area contributed by atoms with Crippen molar-refractivity contribution in [2.75, 3.05) is 42.9 Å². The van der Waals surface area contributed by atoms with Crippen LogP contribution in [-0.2, 0) is 28.3 Å². The van der Waals surface area contributed by atoms with E-state index >= 15 is 0 Å². The topological polar surface area (TPSA) is 158 Å². The molecule has 0 aliphatic carbocycles. The molecule has 0 unspecified atom stereocenters. The molecule has 0 radical (unpaired) electrons. The Hall–Kier alpha value is -6.76. The van der Waals surface area contributed by atoms with Crippen LogP contribution >= 0.6 is 0 Å². The molecule has 58 heavy (non-hydrogen) atoms. The standard InChI is InChI=1S/C46H46N4O8/c1-31(8-7-11-42(52)49(26-27-51)29-32-9-5-4-6-10-32)46(56)40-28-37(48-44(54)35-16-23-39(58-3)24-17-35)20-25-41(40)50(45(46)55)30-33-12-18-36(19-13-33)47-43(53)34-14-21-38(57-2)22-15-34/h4-10,12-25,28,31,51,56H,11,26-27,29-30H2,1-3H3,(H,47,53)(H,48,54)/b8-7+/t31-,46+/m1/s1. The maximum Gasteiger partial charge on any atom is 0.264 e. The van der Waals surface area contributed by atoms with Crippen LogP contribution in [-0.4, -0.2) is 66.1 Å². The Morgan fingerprint density at radius 1 is 0.776 bits per heavy atom. The average Bonchev–Trinajstić information content (AvgIpc) is 3.46. The van der Waals surface area contributed by atoms with Crippen LogP contribution < -0.4 is 25.0 Å². The number of methoxy groups -OCH3 is 2. The molecule has 1 aliphatic rings. The molecule has 12 nitrogen and oxygen atoms in total. The number of ether oxygens (including phenoxy) is 2. The third-order valence-corrected chi connectivity index (χ3v) is 10.1. The van der Waals surface area contributed by atoms with E-state index in [1.54, 1.807) is 122 Å². The number of hydrogen-bond acceptors (Lipinski definition) is 8. The van der Waals surface area contributed by atoms with Gasteiger partial charge in [0.25, 0.3) is 17.7 Å². The zero-order valence-corrected chi connectivity index (χ0v) is 32.6. The minimum absolute atomic E-state index is 0.0165. The molecule has 0 fully saturated rings. The number of fused-ring (bicyclic) bond motifs is 1. The summed E-state index contributed by atoms with van der Waals surface area (Å²) in [6, 6.07) is 34.9. The molecule has 12 heteroatoms. The molecule has 0 bridgehead atoms. The number of aliphatic hydroxyl groups excluding tert-OH is 1. The molecule has 5 aromatic carbocycles. The lowest BCUT2D eigenvalue weighted by Crippen LogP contribution is -2.44. The second kappa shape index (κ2) is 18.5. The van der Waals surface area contributed by atoms with Crippen molar-refractivity contribution < 1.29 is 38.9 Å². The summed E-state index contributed by atoms with van der Waals surface area (Å²) in [5, 5.41) is 27.8. The molecule has 4 N–H and O–H groups in total. The van der Waals surface area contributed by atoms with Gasteiger partial charge in [0.05, 0.1) is 33.1 Å². The molecule has 1 aliphatic heterocycles. The van der Waals surface area contributed by atoms with Crippen molar-refractivity contribution in [1.29, 1.82) is 0 Å². The van der Waals surface area contributed by atoms with Gasteiger partial charge in [-0.05, 0) is 90.0 Å². The van der Waals surface area contributed by atoms with Crippen LogP contribution in [0.15, 0.2) is 133 Å². The Kier molecular flexibility index (Phi) is 13.0. The van der Waals surface area contributed by atoms with Crippen molar-refractivity contribution in [3.8, 4) is 11.5 Å². The van der Waals surface area contributed by atoms with Gasteiger partial charge in [0.2, 0.25) is 5.91 Å². The number of amides is 4. The van der Waals surface area contributed by atoms with Crippen LogP contribution in [0.4, 0.5) is 17.1 Å². The van der Waals surface area contributed by atoms with Crippen LogP contribution in [0.1, 0.15) is 50.8 Å². The number of anilines is 3. The zero-order chi connectivity index (χ0) is 41.2. The van der Waals surface area contributed by atoms with E-state index in [2.05, 4.69) is 10.6 Å². The Balaban J connectivity index is 1.23. The summed E-state index contributed by atoms with van der Waals surface area (Å²) < 4.78 is 10.4. The van der Waals surface area contributed by atoms with Crippen molar-refractivity contribution in [1.82, 2.24) is 4.90 Å². The monoisotopic (exact) mass is 782 g/mol. The van der Waals surface area contributed by atoms with Gasteiger partial charge in [0, 0.05) is 53.5 Å². The van der Waals surface area contributed by atoms with E-state index in [0.717, 1.165) is 11.1 Å². The lowest BCUT2D eigenvalue weighted by atomic mass is 9.82. The van der Waals surface area contributed by atoms with E-state index in [9.17, 15) is 29.4 Å². The highest BCUT2D eigenvalue weighted by atomic mass is 16.5. The van der Waals surface area contributed by atoms with Gasteiger partial charge in [-0.3, -0.25) is 19.2 Å². The fourth-order valence-corrected chi connectivity index (χ4v) is 6.81. The van der Waals surface area contributed by atoms with Crippen molar-refractivity contribution >= 4 is 40.7 Å². The Morgan fingerprint density at radius 3 is 1.91 bits per heavy atom. The van der Waals surface area contributed by atoms with Gasteiger partial charge < -0.3 is 40.1 Å². The van der Waals surface area contributed by atoms with E-state index in [-0.39, 0.29) is 43.8 Å². The molecule has 0 saturated carbocycles. The molecule has 0 spiro atoms. The quantitative estimate of drug-likeness (QED) is 0.0822. The molecule has 6 rings (SSSR count). The first-order chi connectivity index (χ1) is 28.0. The van der Waals surface area contributed by atoms with Crippen LogP contribution in [0.5, 0.6) is 11.5 Å². The minimum atomic E-state index is -2.06. The van der Waals surface area contributed by atoms with Gasteiger partial charge in [0.15, 0.2) is 5.60 Å². The predicted octanol–water partition coefficient (Wildman–Crippen LogP) is 6.55. The third-order valence-electron chi connectivity index (χ3n) is 10.1. The summed E-state index contributed by atoms with van der Waals surface area (Å²) in [6.07, 6.45) is 3.26. The number of benzene rings is 5. The number of hydrogen-bond donors (Lipinski definition) is 4. The van der Waals surface area contributed by atoms with E-state index in [1.807, 2.05) is 30.3 Å². The van der Waals surface area contributed by atoms with Crippen LogP contribution in [0, 0.1) is 5.92 Å². The van der Waals surface area contributed by atoms with Crippen LogP contribution in [0.25, 0.3) is 0 Å². The second-order valence-electron chi connectivity index (χ2n) is 13.9. The number of carbonyl (C=O) groups excluding carboxylic acids is 4. The Morgan fingerprint density at radius 2 is 1.34 bits per heavy atom. The fourth-order valence-electron chi connectivity index (χ4n) is 6.81. The molecule has 1 heterocycles. The summed E-state index contributed by atoms with van der Waals surface area (Å²) in [5.74, 6) is -1.04. The molecular formula is C46H46N4O8. The molecule has 0 saturated heterocycles. The number of aliphatic hydroxyl groups is 2. The van der Waals surface area contributed by atoms with Gasteiger partial charge in [-0.2, -0.15) is 0 Å². The first-order valence-electron chi connectivity index (χ1n) is 18.8. The van der Waals surface area contributed by atoms with E-state index < -0.39 is 17.4 Å². The van der Waals surface area contributed by atoms with Crippen molar-refractivity contribution in [3.63, 3.8) is 0 Å². The van der Waals surface area contributed by atoms with Gasteiger partial charge in [-0.1, -0.05) is 61.5 Å². The SMILES string of the molecule is COc1ccc(C(=O)Nc2ccc(CN3C(=O)[C@](O)([C@H](C)/C=C/CC(=O)N(CCO)Cc4ccccc4)c4cc(NC(=O)c5ccc(OC)cc5)ccc43)cc2)cc1. The van der Waals surface area contributed by atoms with Crippen molar-refractivity contribution in [3.05, 3.63) is 161 Å². The van der Waals surface area contributed by atoms with Crippen molar-refractivity contribution in [2.24, 2.45) is 5.92 Å². The maximum atomic E-state index is 14.4. The fraction of sp³-hybridized carbons (Fsp3) is 0.217. The van der Waals surface area contributed by atoms with Crippen molar-refractivity contribution in [2.45, 2.75) is 32.0 Å². The van der Waals surface area contributed by atoms with E-state index in [0.29, 0.717) is 51.8 Å². The lowest BCUT2D eigenvalue weighted by molar-refractivity contribution is -0.139. The van der Waals surface area contributed by atoms with Gasteiger partial charge in [0.1, 0.15) is 11.5 Å². The zero-order valence-electron chi connectivity index (χ0n) is 32.6. The summed E-state index contributed by atoms with van der Waals surface area (Å²) in [5.41, 5.74) is 2.13. The summed E-state index contributed by atoms with van der Waals surface area (Å²) in [6.45, 7) is 2.09. The first-order valence-corrected chi connectivity index (χ1v) is 18.8. The lowest BCUT2D eigenvalue weighted by Gasteiger charge is -2.28. The van der Waals surface area contributed by atoms with E-state index in [1.165, 1.54) is 12.0 Å². The predicted molar refractivity (Wildman–Crippen MR) is 222 cm³/mol. The highest BCUT2D eigenvalue weighted by molar-refractivity contribution is 6.09. The van der Waals surface area contributed by atoms with E-state index in [4.69, 9.17) is 9.47 Å². The molecule has 0 aromatic heterocycles. The highest BCUT2D eigenvalue weighted by Gasteiger charge is 2.52. The van der Waals surface area contributed by atoms with Gasteiger partial charge in [-0.25, -0.2) is 0 Å². The third kappa shape index (κ3) is 9.26. The highest BCUT2D eigenvalue weighted by Crippen LogP contribution is 2.47. The molecule has 2 atom stereocenters. The first kappa shape index (κ1) is 40.9. The number of rotatable bonds is 16. The maximum absolute atomic E-state index is 14.4. The number of nitrogens with zero attached hydrogens (tertiary/aromatic N) is 2. The molecule has 5 aromatic rings. The molecular weight excluding hydrogens is 737 g/mol. The summed E-state index contributed by atoms with van der Waals surface area (Å²) >= 11 is 0. The smallest absolute Gasteiger partial charge is 0.264 e. The van der Waals surface area contributed by atoms with Gasteiger partial charge >= 0.3 is 0 Å². The second-order valence-corrected chi connectivity index (χ2v) is 13.9. The minimum Gasteiger partial charge on any atom is -0.497 e. The van der Waals surface area contributed by atoms with Crippen LogP contribution in [0.3, 0.4) is 0 Å². The summed E-state index contributed by atoms with van der Waals surface area (Å²) in [7, 11) is 3.09. The number of nitrogens with one attached hydrogen (secondary N) is 2.